The molecule has 2 atom stereocenters. The molecule has 4 aromatic rings. The number of aromatic carboxylic acids is 1. The molecule has 8 rings (SSSR count). The molecular weight excluding hydrogens is 669 g/mol. The molecule has 9 nitrogen and oxygen atoms in total. The molecule has 4 saturated carbocycles. The first-order chi connectivity index (χ1) is 25.0. The van der Waals surface area contributed by atoms with Gasteiger partial charge < -0.3 is 20.7 Å². The first-order valence-corrected chi connectivity index (χ1v) is 18.6. The molecule has 4 fully saturated rings. The summed E-state index contributed by atoms with van der Waals surface area (Å²) in [5.74, 6) is 0.703. The highest BCUT2D eigenvalue weighted by atomic mass is 19.4. The van der Waals surface area contributed by atoms with E-state index in [9.17, 15) is 22.8 Å². The van der Waals surface area contributed by atoms with Crippen molar-refractivity contribution in [3.63, 3.8) is 0 Å². The molecule has 4 aliphatic carbocycles. The second kappa shape index (κ2) is 17.9. The Bertz CT molecular complexity index is 1670. The molecule has 4 bridgehead atoms. The maximum Gasteiger partial charge on any atom is 0.433 e. The summed E-state index contributed by atoms with van der Waals surface area (Å²) >= 11 is 0. The Labute approximate surface area is 303 Å². The number of halogens is 3. The number of carbonyl (C=O) groups excluding carboxylic acids is 1. The van der Waals surface area contributed by atoms with Crippen molar-refractivity contribution in [2.75, 3.05) is 6.54 Å². The number of aromatic amines is 1. The molecule has 1 aromatic carbocycles. The summed E-state index contributed by atoms with van der Waals surface area (Å²) in [5, 5.41) is 17.1. The minimum Gasteiger partial charge on any atom is -0.477 e. The third kappa shape index (κ3) is 10.8. The van der Waals surface area contributed by atoms with Gasteiger partial charge in [-0.15, -0.1) is 0 Å². The Hall–Kier alpha value is -4.32. The Morgan fingerprint density at radius 3 is 2.10 bits per heavy atom. The quantitative estimate of drug-likeness (QED) is 0.101. The maximum absolute atomic E-state index is 12.9. The van der Waals surface area contributed by atoms with Crippen LogP contribution in [-0.2, 0) is 6.18 Å². The molecule has 0 saturated heterocycles. The van der Waals surface area contributed by atoms with Gasteiger partial charge in [0.05, 0.1) is 0 Å². The highest BCUT2D eigenvalue weighted by Crippen LogP contribution is 2.57. The SMILES string of the molecule is CCCCCCCCCCNC12CC3CC(C1)CC(NC(=O)c1ccncc1)(C3)C2.FC(F)(F)c1ccncn1.O=C(O)c1cc2ccccc2[nH]1. The van der Waals surface area contributed by atoms with E-state index in [1.165, 1.54) is 83.5 Å². The van der Waals surface area contributed by atoms with Crippen molar-refractivity contribution in [1.29, 1.82) is 0 Å². The topological polar surface area (TPSA) is 133 Å². The van der Waals surface area contributed by atoms with Crippen molar-refractivity contribution in [2.24, 2.45) is 11.8 Å². The first-order valence-electron chi connectivity index (χ1n) is 18.6. The number of pyridine rings is 1. The fraction of sp³-hybridized carbons (Fsp3) is 0.525. The van der Waals surface area contributed by atoms with Gasteiger partial charge in [0.2, 0.25) is 0 Å². The third-order valence-electron chi connectivity index (χ3n) is 10.5. The summed E-state index contributed by atoms with van der Waals surface area (Å²) < 4.78 is 35.1. The van der Waals surface area contributed by atoms with Crippen LogP contribution >= 0.6 is 0 Å². The van der Waals surface area contributed by atoms with Crippen LogP contribution in [0.5, 0.6) is 0 Å². The lowest BCUT2D eigenvalue weighted by molar-refractivity contribution is -0.141. The Morgan fingerprint density at radius 1 is 0.865 bits per heavy atom. The van der Waals surface area contributed by atoms with Crippen molar-refractivity contribution in [1.82, 2.24) is 30.6 Å². The van der Waals surface area contributed by atoms with E-state index in [1.807, 2.05) is 36.4 Å². The van der Waals surface area contributed by atoms with Gasteiger partial charge in [-0.1, -0.05) is 70.1 Å². The van der Waals surface area contributed by atoms with Crippen molar-refractivity contribution < 1.29 is 27.9 Å². The minimum atomic E-state index is -4.36. The highest BCUT2D eigenvalue weighted by molar-refractivity contribution is 5.94. The average molecular weight is 721 g/mol. The van der Waals surface area contributed by atoms with E-state index < -0.39 is 17.8 Å². The Balaban J connectivity index is 0.000000193. The first kappa shape index (κ1) is 38.9. The predicted molar refractivity (Wildman–Crippen MR) is 195 cm³/mol. The molecule has 4 aliphatic rings. The summed E-state index contributed by atoms with van der Waals surface area (Å²) in [6, 6.07) is 13.6. The monoisotopic (exact) mass is 720 g/mol. The Kier molecular flexibility index (Phi) is 13.4. The third-order valence-corrected chi connectivity index (χ3v) is 10.5. The van der Waals surface area contributed by atoms with Gasteiger partial charge in [0.25, 0.3) is 5.91 Å². The molecule has 1 amide bonds. The van der Waals surface area contributed by atoms with Crippen LogP contribution in [0.3, 0.4) is 0 Å². The van der Waals surface area contributed by atoms with Crippen LogP contribution in [0.4, 0.5) is 13.2 Å². The smallest absolute Gasteiger partial charge is 0.433 e. The van der Waals surface area contributed by atoms with E-state index in [4.69, 9.17) is 5.11 Å². The number of carboxylic acid groups (broad SMARTS) is 1. The van der Waals surface area contributed by atoms with Gasteiger partial charge in [0.1, 0.15) is 17.7 Å². The van der Waals surface area contributed by atoms with E-state index >= 15 is 0 Å². The second-order valence-corrected chi connectivity index (χ2v) is 14.8. The number of hydrogen-bond acceptors (Lipinski definition) is 6. The predicted octanol–water partition coefficient (Wildman–Crippen LogP) is 8.99. The van der Waals surface area contributed by atoms with E-state index in [0.29, 0.717) is 0 Å². The van der Waals surface area contributed by atoms with Crippen LogP contribution in [0.1, 0.15) is 123 Å². The van der Waals surface area contributed by atoms with Gasteiger partial charge in [0.15, 0.2) is 0 Å². The maximum atomic E-state index is 12.9. The Morgan fingerprint density at radius 2 is 1.50 bits per heavy atom. The number of amides is 1. The largest absolute Gasteiger partial charge is 0.477 e. The number of alkyl halides is 3. The summed E-state index contributed by atoms with van der Waals surface area (Å²) in [4.78, 5) is 36.6. The van der Waals surface area contributed by atoms with Gasteiger partial charge >= 0.3 is 12.1 Å². The van der Waals surface area contributed by atoms with Crippen molar-refractivity contribution in [2.45, 2.75) is 114 Å². The lowest BCUT2D eigenvalue weighted by Gasteiger charge is -2.62. The molecule has 3 aromatic heterocycles. The summed E-state index contributed by atoms with van der Waals surface area (Å²) in [7, 11) is 0. The zero-order valence-corrected chi connectivity index (χ0v) is 29.9. The van der Waals surface area contributed by atoms with Crippen molar-refractivity contribution in [3.8, 4) is 0 Å². The van der Waals surface area contributed by atoms with Gasteiger partial charge in [-0.3, -0.25) is 9.78 Å². The molecule has 2 unspecified atom stereocenters. The van der Waals surface area contributed by atoms with Crippen LogP contribution in [-0.4, -0.2) is 54.5 Å². The van der Waals surface area contributed by atoms with Crippen LogP contribution in [0.25, 0.3) is 10.9 Å². The number of aromatic nitrogens is 4. The van der Waals surface area contributed by atoms with E-state index in [2.05, 4.69) is 37.5 Å². The molecule has 4 N–H and O–H groups in total. The number of hydrogen-bond donors (Lipinski definition) is 4. The molecule has 52 heavy (non-hydrogen) atoms. The van der Waals surface area contributed by atoms with E-state index in [0.717, 1.165) is 59.9 Å². The fourth-order valence-electron chi connectivity index (χ4n) is 8.69. The van der Waals surface area contributed by atoms with Crippen LogP contribution in [0, 0.1) is 11.8 Å². The normalized spacial score (nSPS) is 22.9. The number of para-hydroxylation sites is 1. The van der Waals surface area contributed by atoms with Gasteiger partial charge in [-0.05, 0) is 93.7 Å². The molecule has 280 valence electrons. The number of rotatable bonds is 13. The molecule has 0 radical (unpaired) electrons. The van der Waals surface area contributed by atoms with Gasteiger partial charge in [-0.2, -0.15) is 13.2 Å². The summed E-state index contributed by atoms with van der Waals surface area (Å²) in [5.41, 5.74) is 1.17. The summed E-state index contributed by atoms with van der Waals surface area (Å²) in [6.45, 7) is 3.42. The van der Waals surface area contributed by atoms with Gasteiger partial charge in [-0.25, -0.2) is 14.8 Å². The van der Waals surface area contributed by atoms with Gasteiger partial charge in [0, 0.05) is 46.1 Å². The number of nitrogens with one attached hydrogen (secondary N) is 3. The van der Waals surface area contributed by atoms with E-state index in [-0.39, 0.29) is 22.7 Å². The number of carbonyl (C=O) groups is 2. The molecule has 3 heterocycles. The van der Waals surface area contributed by atoms with Crippen LogP contribution < -0.4 is 10.6 Å². The standard InChI is InChI=1S/C26H41N3O.C9H7NO2.C5H3F3N2/c1-2-3-4-5-6-7-8-9-12-28-25-16-21-15-22(17-25)19-26(18-21,20-25)29-24(30)23-10-13-27-14-11-23;11-9(12)8-5-6-3-1-2-4-7(6)10-8;6-5(7,8)4-1-2-9-3-10-4/h10-11,13-14,21-22,28H,2-9,12,15-20H2,1H3,(H,29,30);1-5,10H,(H,11,12);1-3H. The van der Waals surface area contributed by atoms with E-state index in [1.54, 1.807) is 18.5 Å². The lowest BCUT2D eigenvalue weighted by atomic mass is 9.50. The number of carboxylic acids is 1. The lowest BCUT2D eigenvalue weighted by Crippen LogP contribution is -2.69. The second-order valence-electron chi connectivity index (χ2n) is 14.8. The fourth-order valence-corrected chi connectivity index (χ4v) is 8.69. The number of fused-ring (bicyclic) bond motifs is 1. The number of nitrogens with zero attached hydrogens (tertiary/aromatic N) is 3. The number of benzene rings is 1. The summed E-state index contributed by atoms with van der Waals surface area (Å²) in [6.07, 6.45) is 19.4. The molecule has 0 spiro atoms. The molecule has 0 aliphatic heterocycles. The number of H-pyrrole nitrogens is 1. The molecule has 12 heteroatoms. The number of unbranched alkanes of at least 4 members (excludes halogenated alkanes) is 7. The van der Waals surface area contributed by atoms with Crippen molar-refractivity contribution in [3.05, 3.63) is 90.4 Å². The van der Waals surface area contributed by atoms with Crippen molar-refractivity contribution >= 4 is 22.8 Å². The zero-order chi connectivity index (χ0) is 37.0. The van der Waals surface area contributed by atoms with Crippen LogP contribution in [0.15, 0.2) is 73.4 Å². The minimum absolute atomic E-state index is 0.00326. The van der Waals surface area contributed by atoms with Crippen LogP contribution in [0.2, 0.25) is 0 Å². The average Bonchev–Trinajstić information content (AvgIpc) is 3.56. The molecular formula is C40H51F3N6O3. The zero-order valence-electron chi connectivity index (χ0n) is 29.9. The highest BCUT2D eigenvalue weighted by Gasteiger charge is 2.58.